The Hall–Kier alpha value is -3.27. The summed E-state index contributed by atoms with van der Waals surface area (Å²) in [5.41, 5.74) is 5.53. The number of aromatic amines is 1. The first-order chi connectivity index (χ1) is 13.3. The van der Waals surface area contributed by atoms with Crippen LogP contribution in [0.15, 0.2) is 79.0 Å². The van der Waals surface area contributed by atoms with Crippen molar-refractivity contribution in [3.05, 3.63) is 102 Å². The Labute approximate surface area is 156 Å². The lowest BCUT2D eigenvalue weighted by Gasteiger charge is -2.17. The van der Waals surface area contributed by atoms with Crippen LogP contribution in [0.25, 0.3) is 22.0 Å². The zero-order chi connectivity index (χ0) is 18.6. The van der Waals surface area contributed by atoms with Gasteiger partial charge in [-0.15, -0.1) is 0 Å². The highest BCUT2D eigenvalue weighted by Gasteiger charge is 2.15. The minimum Gasteiger partial charge on any atom is -0.278 e. The molecule has 1 aromatic heterocycles. The molecule has 4 aromatic rings. The van der Waals surface area contributed by atoms with Crippen LogP contribution in [0.3, 0.4) is 0 Å². The van der Waals surface area contributed by atoms with E-state index in [1.54, 1.807) is 18.3 Å². The van der Waals surface area contributed by atoms with Gasteiger partial charge in [-0.2, -0.15) is 5.10 Å². The summed E-state index contributed by atoms with van der Waals surface area (Å²) in [6, 6.07) is 22.2. The minimum atomic E-state index is -0.489. The minimum absolute atomic E-state index is 0.249. The number of allylic oxidation sites excluding steroid dienone is 1. The number of halogens is 2. The third kappa shape index (κ3) is 3.51. The second-order valence-electron chi connectivity index (χ2n) is 6.34. The number of nitrogens with one attached hydrogen (secondary N) is 1. The molecule has 0 aliphatic rings. The monoisotopic (exact) mass is 360 g/mol. The Morgan fingerprint density at radius 2 is 1.59 bits per heavy atom. The molecule has 0 saturated heterocycles. The van der Waals surface area contributed by atoms with Crippen molar-refractivity contribution in [3.8, 4) is 0 Å². The van der Waals surface area contributed by atoms with Crippen molar-refractivity contribution < 1.29 is 8.78 Å². The van der Waals surface area contributed by atoms with Gasteiger partial charge in [0.05, 0.1) is 18.4 Å². The van der Waals surface area contributed by atoms with Gasteiger partial charge in [0.2, 0.25) is 0 Å². The van der Waals surface area contributed by atoms with E-state index in [9.17, 15) is 8.78 Å². The van der Waals surface area contributed by atoms with Gasteiger partial charge in [-0.25, -0.2) is 4.39 Å². The molecule has 27 heavy (non-hydrogen) atoms. The smallest absolute Gasteiger partial charge is 0.123 e. The third-order valence-electron chi connectivity index (χ3n) is 4.63. The summed E-state index contributed by atoms with van der Waals surface area (Å²) in [6.07, 6.45) is 2.02. The van der Waals surface area contributed by atoms with E-state index in [2.05, 4.69) is 10.2 Å². The SMILES string of the molecule is FCC/C(=C(/c1ccccc1)c1ccc2[nH]ncc2c1)c1ccc(F)cc1. The molecule has 0 amide bonds. The molecule has 1 N–H and O–H groups in total. The van der Waals surface area contributed by atoms with Crippen molar-refractivity contribution in [2.45, 2.75) is 6.42 Å². The number of H-pyrrole nitrogens is 1. The first kappa shape index (κ1) is 17.2. The summed E-state index contributed by atoms with van der Waals surface area (Å²) in [4.78, 5) is 0. The summed E-state index contributed by atoms with van der Waals surface area (Å²) < 4.78 is 26.9. The number of benzene rings is 3. The van der Waals surface area contributed by atoms with Crippen molar-refractivity contribution in [1.82, 2.24) is 10.2 Å². The molecular weight excluding hydrogens is 342 g/mol. The molecule has 0 fully saturated rings. The molecule has 1 heterocycles. The number of hydrogen-bond acceptors (Lipinski definition) is 1. The standard InChI is InChI=1S/C23H18F2N2/c24-13-12-21(16-6-9-20(25)10-7-16)23(17-4-2-1-3-5-17)18-8-11-22-19(14-18)15-26-27-22/h1-11,14-15H,12-13H2,(H,26,27)/b23-21+. The molecule has 3 aromatic carbocycles. The van der Waals surface area contributed by atoms with Crippen LogP contribution >= 0.6 is 0 Å². The van der Waals surface area contributed by atoms with Gasteiger partial charge in [0.15, 0.2) is 0 Å². The maximum Gasteiger partial charge on any atom is 0.123 e. The van der Waals surface area contributed by atoms with Gasteiger partial charge in [0.25, 0.3) is 0 Å². The van der Waals surface area contributed by atoms with Crippen LogP contribution in [-0.4, -0.2) is 16.9 Å². The summed E-state index contributed by atoms with van der Waals surface area (Å²) >= 11 is 0. The fourth-order valence-corrected chi connectivity index (χ4v) is 3.38. The summed E-state index contributed by atoms with van der Waals surface area (Å²) in [5.74, 6) is -0.306. The van der Waals surface area contributed by atoms with E-state index in [1.165, 1.54) is 12.1 Å². The van der Waals surface area contributed by atoms with Crippen LogP contribution in [0, 0.1) is 5.82 Å². The zero-order valence-corrected chi connectivity index (χ0v) is 14.6. The van der Waals surface area contributed by atoms with E-state index in [1.807, 2.05) is 48.5 Å². The highest BCUT2D eigenvalue weighted by atomic mass is 19.1. The second-order valence-corrected chi connectivity index (χ2v) is 6.34. The quantitative estimate of drug-likeness (QED) is 0.433. The van der Waals surface area contributed by atoms with E-state index in [-0.39, 0.29) is 12.2 Å². The number of nitrogens with zero attached hydrogens (tertiary/aromatic N) is 1. The first-order valence-corrected chi connectivity index (χ1v) is 8.80. The van der Waals surface area contributed by atoms with Gasteiger partial charge >= 0.3 is 0 Å². The van der Waals surface area contributed by atoms with Gasteiger partial charge in [-0.1, -0.05) is 48.5 Å². The topological polar surface area (TPSA) is 28.7 Å². The lowest BCUT2D eigenvalue weighted by molar-refractivity contribution is 0.505. The summed E-state index contributed by atoms with van der Waals surface area (Å²) in [7, 11) is 0. The van der Waals surface area contributed by atoms with Gasteiger partial charge in [-0.3, -0.25) is 9.49 Å². The Morgan fingerprint density at radius 3 is 2.33 bits per heavy atom. The Balaban J connectivity index is 1.99. The van der Waals surface area contributed by atoms with E-state index < -0.39 is 6.67 Å². The highest BCUT2D eigenvalue weighted by molar-refractivity contribution is 6.00. The molecule has 4 rings (SSSR count). The van der Waals surface area contributed by atoms with Crippen molar-refractivity contribution in [2.75, 3.05) is 6.67 Å². The molecule has 2 nitrogen and oxygen atoms in total. The van der Waals surface area contributed by atoms with Crippen molar-refractivity contribution >= 4 is 22.0 Å². The average molecular weight is 360 g/mol. The molecule has 0 aliphatic carbocycles. The maximum atomic E-state index is 13.5. The van der Waals surface area contributed by atoms with Gasteiger partial charge < -0.3 is 0 Å². The average Bonchev–Trinajstić information content (AvgIpc) is 3.17. The predicted octanol–water partition coefficient (Wildman–Crippen LogP) is 6.02. The van der Waals surface area contributed by atoms with E-state index >= 15 is 0 Å². The molecule has 0 aliphatic heterocycles. The predicted molar refractivity (Wildman–Crippen MR) is 105 cm³/mol. The molecular formula is C23H18F2N2. The van der Waals surface area contributed by atoms with Crippen LogP contribution in [0.2, 0.25) is 0 Å². The molecule has 0 spiro atoms. The third-order valence-corrected chi connectivity index (χ3v) is 4.63. The lowest BCUT2D eigenvalue weighted by Crippen LogP contribution is -1.97. The van der Waals surface area contributed by atoms with Crippen LogP contribution in [-0.2, 0) is 0 Å². The molecule has 0 bridgehead atoms. The fourth-order valence-electron chi connectivity index (χ4n) is 3.38. The molecule has 0 unspecified atom stereocenters. The number of alkyl halides is 1. The number of aromatic nitrogens is 2. The van der Waals surface area contributed by atoms with Gasteiger partial charge in [0.1, 0.15) is 5.82 Å². The molecule has 4 heteroatoms. The van der Waals surface area contributed by atoms with Crippen LogP contribution in [0.4, 0.5) is 8.78 Å². The van der Waals surface area contributed by atoms with Gasteiger partial charge in [-0.05, 0) is 52.1 Å². The van der Waals surface area contributed by atoms with Crippen molar-refractivity contribution in [2.24, 2.45) is 0 Å². The van der Waals surface area contributed by atoms with Crippen LogP contribution < -0.4 is 0 Å². The van der Waals surface area contributed by atoms with Crippen molar-refractivity contribution in [1.29, 1.82) is 0 Å². The maximum absolute atomic E-state index is 13.5. The Kier molecular flexibility index (Phi) is 4.79. The highest BCUT2D eigenvalue weighted by Crippen LogP contribution is 2.35. The summed E-state index contributed by atoms with van der Waals surface area (Å²) in [6.45, 7) is -0.489. The summed E-state index contributed by atoms with van der Waals surface area (Å²) in [5, 5.41) is 8.02. The van der Waals surface area contributed by atoms with E-state index in [4.69, 9.17) is 0 Å². The Bertz CT molecular complexity index is 1080. The Morgan fingerprint density at radius 1 is 0.852 bits per heavy atom. The number of hydrogen-bond donors (Lipinski definition) is 1. The fraction of sp³-hybridized carbons (Fsp3) is 0.0870. The van der Waals surface area contributed by atoms with Crippen LogP contribution in [0.1, 0.15) is 23.1 Å². The normalized spacial score (nSPS) is 12.2. The lowest BCUT2D eigenvalue weighted by atomic mass is 9.88. The molecule has 0 atom stereocenters. The first-order valence-electron chi connectivity index (χ1n) is 8.80. The zero-order valence-electron chi connectivity index (χ0n) is 14.6. The second kappa shape index (κ2) is 7.54. The molecule has 0 radical (unpaired) electrons. The number of fused-ring (bicyclic) bond motifs is 1. The molecule has 134 valence electrons. The van der Waals surface area contributed by atoms with Crippen molar-refractivity contribution in [3.63, 3.8) is 0 Å². The largest absolute Gasteiger partial charge is 0.278 e. The molecule has 0 saturated carbocycles. The van der Waals surface area contributed by atoms with E-state index in [0.29, 0.717) is 0 Å². The van der Waals surface area contributed by atoms with E-state index in [0.717, 1.165) is 38.7 Å². The number of rotatable bonds is 5. The van der Waals surface area contributed by atoms with Crippen LogP contribution in [0.5, 0.6) is 0 Å². The van der Waals surface area contributed by atoms with Gasteiger partial charge in [0, 0.05) is 11.8 Å².